The Labute approximate surface area is 392 Å². The molecule has 0 aliphatic rings. The lowest BCUT2D eigenvalue weighted by Gasteiger charge is -2.16. The van der Waals surface area contributed by atoms with Crippen LogP contribution >= 0.6 is 0 Å². The molecular weight excluding hydrogens is 1020 g/mol. The van der Waals surface area contributed by atoms with Crippen molar-refractivity contribution in [2.45, 2.75) is 33.4 Å². The van der Waals surface area contributed by atoms with Gasteiger partial charge in [0.15, 0.2) is 5.37 Å². The van der Waals surface area contributed by atoms with Gasteiger partial charge in [0.05, 0.1) is 63.4 Å². The molecule has 1 aromatic heterocycles. The highest BCUT2D eigenvalue weighted by Gasteiger charge is 2.22. The van der Waals surface area contributed by atoms with Crippen molar-refractivity contribution in [2.24, 2.45) is 20.5 Å². The molecular formula is C37H36N10O17S5. The summed E-state index contributed by atoms with van der Waals surface area (Å²) < 4.78 is 176. The van der Waals surface area contributed by atoms with E-state index in [-0.39, 0.29) is 87.3 Å². The molecule has 1 heterocycles. The molecule has 0 saturated carbocycles. The van der Waals surface area contributed by atoms with Gasteiger partial charge in [-0.2, -0.15) is 77.5 Å². The van der Waals surface area contributed by atoms with Crippen molar-refractivity contribution in [2.75, 3.05) is 35.4 Å². The number of azo groups is 2. The summed E-state index contributed by atoms with van der Waals surface area (Å²) in [5, 5.41) is 22.8. The highest BCUT2D eigenvalue weighted by Crippen LogP contribution is 2.36. The van der Waals surface area contributed by atoms with Gasteiger partial charge < -0.3 is 25.4 Å². The smallest absolute Gasteiger partial charge is 0.295 e. The van der Waals surface area contributed by atoms with Gasteiger partial charge in [-0.3, -0.25) is 22.8 Å². The lowest BCUT2D eigenvalue weighted by molar-refractivity contribution is 0.317. The Morgan fingerprint density at radius 2 is 1.10 bits per heavy atom. The first-order valence-corrected chi connectivity index (χ1v) is 26.4. The largest absolute Gasteiger partial charge is 0.494 e. The van der Waals surface area contributed by atoms with Crippen LogP contribution in [-0.4, -0.2) is 105 Å². The molecule has 6 aromatic rings. The van der Waals surface area contributed by atoms with Crippen molar-refractivity contribution in [3.8, 4) is 11.5 Å². The zero-order valence-electron chi connectivity index (χ0n) is 35.2. The Morgan fingerprint density at radius 3 is 1.64 bits per heavy atom. The quantitative estimate of drug-likeness (QED) is 0.0233. The monoisotopic (exact) mass is 1050 g/mol. The summed E-state index contributed by atoms with van der Waals surface area (Å²) in [6.07, 6.45) is -0.167. The van der Waals surface area contributed by atoms with E-state index in [0.29, 0.717) is 6.07 Å². The van der Waals surface area contributed by atoms with Gasteiger partial charge in [0, 0.05) is 17.5 Å². The second-order valence-electron chi connectivity index (χ2n) is 14.1. The Bertz CT molecular complexity index is 3600. The maximum Gasteiger partial charge on any atom is 0.295 e. The summed E-state index contributed by atoms with van der Waals surface area (Å²) in [5.41, 5.74) is 0.713. The fourth-order valence-corrected chi connectivity index (χ4v) is 8.37. The van der Waals surface area contributed by atoms with Gasteiger partial charge in [-0.15, -0.1) is 0 Å². The predicted molar refractivity (Wildman–Crippen MR) is 245 cm³/mol. The van der Waals surface area contributed by atoms with E-state index in [1.165, 1.54) is 73.8 Å². The summed E-state index contributed by atoms with van der Waals surface area (Å²) in [5.74, 6) is -1.46. The summed E-state index contributed by atoms with van der Waals surface area (Å²) in [7, 11) is -22.1. The zero-order valence-corrected chi connectivity index (χ0v) is 39.2. The molecule has 366 valence electrons. The number of rotatable bonds is 20. The molecule has 0 bridgehead atoms. The van der Waals surface area contributed by atoms with Crippen LogP contribution in [-0.2, 0) is 50.6 Å². The predicted octanol–water partition coefficient (Wildman–Crippen LogP) is 6.39. The zero-order chi connectivity index (χ0) is 50.5. The van der Waals surface area contributed by atoms with Crippen molar-refractivity contribution in [1.82, 2.24) is 15.0 Å². The van der Waals surface area contributed by atoms with Crippen LogP contribution in [0.15, 0.2) is 126 Å². The van der Waals surface area contributed by atoms with E-state index in [9.17, 15) is 64.9 Å². The molecule has 0 aliphatic heterocycles. The molecule has 0 spiro atoms. The van der Waals surface area contributed by atoms with E-state index < -0.39 is 76.4 Å². The number of fused-ring (bicyclic) bond motifs is 1. The summed E-state index contributed by atoms with van der Waals surface area (Å²) >= 11 is 0. The van der Waals surface area contributed by atoms with Crippen molar-refractivity contribution in [3.63, 3.8) is 0 Å². The second kappa shape index (κ2) is 20.4. The third-order valence-electron chi connectivity index (χ3n) is 8.99. The average Bonchev–Trinajstić information content (AvgIpc) is 3.25. The van der Waals surface area contributed by atoms with Gasteiger partial charge in [0.1, 0.15) is 16.4 Å². The molecule has 69 heavy (non-hydrogen) atoms. The molecule has 0 radical (unpaired) electrons. The van der Waals surface area contributed by atoms with E-state index in [1.54, 1.807) is 0 Å². The van der Waals surface area contributed by atoms with Crippen LogP contribution in [0.4, 0.5) is 52.0 Å². The minimum Gasteiger partial charge on any atom is -0.494 e. The maximum atomic E-state index is 12.1. The van der Waals surface area contributed by atoms with Gasteiger partial charge in [-0.1, -0.05) is 12.1 Å². The fraction of sp³-hybridized carbons (Fsp3) is 0.162. The number of ether oxygens (including phenoxy) is 2. The first-order chi connectivity index (χ1) is 32.1. The van der Waals surface area contributed by atoms with E-state index >= 15 is 0 Å². The van der Waals surface area contributed by atoms with Crippen molar-refractivity contribution in [3.05, 3.63) is 91.0 Å². The van der Waals surface area contributed by atoms with Gasteiger partial charge in [-0.05, 0) is 85.5 Å². The van der Waals surface area contributed by atoms with Crippen molar-refractivity contribution in [1.29, 1.82) is 0 Å². The lowest BCUT2D eigenvalue weighted by atomic mass is 10.1. The van der Waals surface area contributed by atoms with Crippen molar-refractivity contribution >= 4 is 113 Å². The van der Waals surface area contributed by atoms with E-state index in [2.05, 4.69) is 51.4 Å². The van der Waals surface area contributed by atoms with Gasteiger partial charge >= 0.3 is 0 Å². The Balaban J connectivity index is 1.31. The van der Waals surface area contributed by atoms with Crippen LogP contribution in [0.1, 0.15) is 13.3 Å². The topological polar surface area (TPSA) is 415 Å². The Kier molecular flexibility index (Phi) is 15.2. The number of methoxy groups -OCH3 is 1. The molecule has 5 aromatic carbocycles. The van der Waals surface area contributed by atoms with Gasteiger partial charge in [-0.25, -0.2) is 0 Å². The SMILES string of the molecule is COc1cc(N=Nc2ccc3cc(S(=O)(=O)O)cc(S(=O)(=O)O)c3c2)ccc1Nc1nc(Nc2ccc(N=Nc3cccc(S(=O)(=O)O)c3)cc2OCCCS(=O)(=O)O)nc(NC(C)S(=O)(=O)O)n1. The molecule has 8 N–H and O–H groups in total. The van der Waals surface area contributed by atoms with E-state index in [1.807, 2.05) is 0 Å². The minimum absolute atomic E-state index is 0.00974. The molecule has 27 nitrogen and oxygen atoms in total. The number of hydrogen-bond acceptors (Lipinski definition) is 22. The summed E-state index contributed by atoms with van der Waals surface area (Å²) in [6, 6.07) is 18.9. The van der Waals surface area contributed by atoms with Crippen molar-refractivity contribution < 1.29 is 74.3 Å². The number of benzene rings is 5. The van der Waals surface area contributed by atoms with Crippen LogP contribution in [0.25, 0.3) is 10.8 Å². The highest BCUT2D eigenvalue weighted by molar-refractivity contribution is 7.87. The van der Waals surface area contributed by atoms with Crippen LogP contribution in [0, 0.1) is 0 Å². The molecule has 0 aliphatic carbocycles. The maximum absolute atomic E-state index is 12.1. The number of nitrogens with one attached hydrogen (secondary N) is 3. The number of anilines is 5. The third-order valence-corrected chi connectivity index (χ3v) is 13.4. The fourth-order valence-electron chi connectivity index (χ4n) is 5.76. The van der Waals surface area contributed by atoms with Gasteiger partial charge in [0.25, 0.3) is 50.6 Å². The molecule has 32 heteroatoms. The molecule has 1 atom stereocenters. The van der Waals surface area contributed by atoms with Crippen LogP contribution in [0.2, 0.25) is 0 Å². The molecule has 1 unspecified atom stereocenters. The standard InChI is InChI=1S/C37H36N10O17S5/c1-21(66(51,52)53)38-35-41-36(39-30-11-9-25(18-32(30)63-2)46-45-24-8-7-22-15-28(68(57,58)59)20-34(29(22)17-24)69(60,61)62)43-37(42-35)40-31-12-10-26(19-33(31)64-13-4-14-65(48,49)50)47-44-23-5-3-6-27(16-23)67(54,55)56/h3,5-12,15-21H,4,13-14H2,1-2H3,(H,48,49,50)(H,51,52,53)(H,54,55,56)(H,57,58,59)(H,60,61,62)(H3,38,39,40,41,42,43). The lowest BCUT2D eigenvalue weighted by Crippen LogP contribution is -2.27. The van der Waals surface area contributed by atoms with E-state index in [0.717, 1.165) is 25.1 Å². The van der Waals surface area contributed by atoms with Crippen LogP contribution < -0.4 is 25.4 Å². The first kappa shape index (κ1) is 51.5. The Hall–Kier alpha value is -6.88. The molecule has 0 saturated heterocycles. The molecule has 0 fully saturated rings. The third kappa shape index (κ3) is 14.3. The Morgan fingerprint density at radius 1 is 0.580 bits per heavy atom. The number of nitrogens with zero attached hydrogens (tertiary/aromatic N) is 7. The summed E-state index contributed by atoms with van der Waals surface area (Å²) in [4.78, 5) is 10.7. The van der Waals surface area contributed by atoms with Crippen LogP contribution in [0.3, 0.4) is 0 Å². The van der Waals surface area contributed by atoms with Crippen LogP contribution in [0.5, 0.6) is 11.5 Å². The normalized spacial score (nSPS) is 13.1. The molecule has 0 amide bonds. The number of aromatic nitrogens is 3. The number of hydrogen-bond donors (Lipinski definition) is 8. The van der Waals surface area contributed by atoms with E-state index in [4.69, 9.17) is 9.47 Å². The average molecular weight is 1050 g/mol. The minimum atomic E-state index is -4.98. The second-order valence-corrected chi connectivity index (χ2v) is 21.6. The highest BCUT2D eigenvalue weighted by atomic mass is 32.2. The molecule has 6 rings (SSSR count). The first-order valence-electron chi connectivity index (χ1n) is 19.0. The summed E-state index contributed by atoms with van der Waals surface area (Å²) in [6.45, 7) is 0.840. The van der Waals surface area contributed by atoms with Gasteiger partial charge in [0.2, 0.25) is 17.8 Å².